The van der Waals surface area contributed by atoms with Gasteiger partial charge in [0.25, 0.3) is 0 Å². The van der Waals surface area contributed by atoms with E-state index in [-0.39, 0.29) is 12.1 Å². The molecule has 2 heteroatoms. The van der Waals surface area contributed by atoms with Gasteiger partial charge in [0.2, 0.25) is 0 Å². The van der Waals surface area contributed by atoms with Gasteiger partial charge in [-0.05, 0) is 38.0 Å². The van der Waals surface area contributed by atoms with Crippen LogP contribution in [0, 0.1) is 13.8 Å². The second-order valence-electron chi connectivity index (χ2n) is 4.28. The highest BCUT2D eigenvalue weighted by Gasteiger charge is 2.26. The van der Waals surface area contributed by atoms with Gasteiger partial charge in [0.1, 0.15) is 11.9 Å². The molecule has 0 aromatic heterocycles. The minimum Gasteiger partial charge on any atom is -0.488 e. The van der Waals surface area contributed by atoms with Gasteiger partial charge in [0, 0.05) is 18.0 Å². The van der Waals surface area contributed by atoms with Crippen LogP contribution in [0.3, 0.4) is 0 Å². The molecule has 0 aliphatic carbocycles. The molecule has 1 aliphatic heterocycles. The maximum absolute atomic E-state index is 5.84. The van der Waals surface area contributed by atoms with E-state index in [1.54, 1.807) is 0 Å². The van der Waals surface area contributed by atoms with Crippen molar-refractivity contribution in [3.63, 3.8) is 0 Å². The Kier molecular flexibility index (Phi) is 2.23. The Labute approximate surface area is 85.1 Å². The van der Waals surface area contributed by atoms with E-state index in [0.717, 1.165) is 12.2 Å². The number of aryl methyl sites for hydroxylation is 2. The fraction of sp³-hybridized carbons (Fsp3) is 0.500. The van der Waals surface area contributed by atoms with Crippen LogP contribution < -0.4 is 10.5 Å². The highest BCUT2D eigenvalue weighted by molar-refractivity contribution is 5.46. The van der Waals surface area contributed by atoms with E-state index in [1.807, 2.05) is 6.92 Å². The molecule has 2 atom stereocenters. The van der Waals surface area contributed by atoms with Crippen molar-refractivity contribution >= 4 is 0 Å². The molecule has 2 unspecified atom stereocenters. The Morgan fingerprint density at radius 3 is 2.79 bits per heavy atom. The first-order valence-electron chi connectivity index (χ1n) is 5.10. The van der Waals surface area contributed by atoms with Crippen molar-refractivity contribution in [2.45, 2.75) is 39.3 Å². The predicted molar refractivity (Wildman–Crippen MR) is 57.7 cm³/mol. The average Bonchev–Trinajstić information content (AvgIpc) is 2.47. The maximum atomic E-state index is 5.84. The Hall–Kier alpha value is -1.02. The Bertz CT molecular complexity index is 358. The quantitative estimate of drug-likeness (QED) is 0.736. The number of hydrogen-bond donors (Lipinski definition) is 1. The van der Waals surface area contributed by atoms with E-state index < -0.39 is 0 Å². The lowest BCUT2D eigenvalue weighted by Crippen LogP contribution is -2.34. The largest absolute Gasteiger partial charge is 0.488 e. The van der Waals surface area contributed by atoms with E-state index in [2.05, 4.69) is 26.0 Å². The van der Waals surface area contributed by atoms with Crippen LogP contribution in [-0.2, 0) is 6.42 Å². The van der Waals surface area contributed by atoms with Crippen LogP contribution >= 0.6 is 0 Å². The molecular weight excluding hydrogens is 174 g/mol. The van der Waals surface area contributed by atoms with E-state index in [0.29, 0.717) is 0 Å². The first-order chi connectivity index (χ1) is 6.58. The minimum atomic E-state index is 0.0992. The molecule has 2 nitrogen and oxygen atoms in total. The summed E-state index contributed by atoms with van der Waals surface area (Å²) in [4.78, 5) is 0. The van der Waals surface area contributed by atoms with Crippen LogP contribution in [0.15, 0.2) is 12.1 Å². The van der Waals surface area contributed by atoms with Gasteiger partial charge in [-0.15, -0.1) is 0 Å². The normalized spacial score (nSPS) is 21.6. The lowest BCUT2D eigenvalue weighted by Gasteiger charge is -2.13. The summed E-state index contributed by atoms with van der Waals surface area (Å²) < 4.78 is 5.80. The summed E-state index contributed by atoms with van der Waals surface area (Å²) in [6.45, 7) is 6.23. The van der Waals surface area contributed by atoms with Gasteiger partial charge in [-0.1, -0.05) is 6.07 Å². The van der Waals surface area contributed by atoms with Crippen molar-refractivity contribution in [2.24, 2.45) is 5.73 Å². The van der Waals surface area contributed by atoms with Crippen molar-refractivity contribution < 1.29 is 4.74 Å². The Balaban J connectivity index is 2.35. The fourth-order valence-corrected chi connectivity index (χ4v) is 2.02. The summed E-state index contributed by atoms with van der Waals surface area (Å²) in [5, 5.41) is 0. The average molecular weight is 191 g/mol. The first kappa shape index (κ1) is 9.53. The first-order valence-corrected chi connectivity index (χ1v) is 5.10. The molecule has 1 aromatic carbocycles. The number of nitrogens with two attached hydrogens (primary N) is 1. The molecule has 1 aromatic rings. The van der Waals surface area contributed by atoms with Gasteiger partial charge >= 0.3 is 0 Å². The predicted octanol–water partition coefficient (Wildman–Crippen LogP) is 1.95. The molecule has 0 saturated carbocycles. The van der Waals surface area contributed by atoms with E-state index >= 15 is 0 Å². The van der Waals surface area contributed by atoms with Gasteiger partial charge in [0.05, 0.1) is 0 Å². The number of rotatable bonds is 1. The van der Waals surface area contributed by atoms with Gasteiger partial charge in [-0.25, -0.2) is 0 Å². The van der Waals surface area contributed by atoms with Crippen LogP contribution in [0.1, 0.15) is 23.6 Å². The zero-order valence-electron chi connectivity index (χ0n) is 9.00. The zero-order valence-corrected chi connectivity index (χ0v) is 9.00. The molecule has 0 bridgehead atoms. The molecule has 76 valence electrons. The van der Waals surface area contributed by atoms with E-state index in [1.165, 1.54) is 16.7 Å². The van der Waals surface area contributed by atoms with Crippen molar-refractivity contribution in [3.05, 3.63) is 28.8 Å². The summed E-state index contributed by atoms with van der Waals surface area (Å²) in [5.41, 5.74) is 9.75. The van der Waals surface area contributed by atoms with Gasteiger partial charge in [0.15, 0.2) is 0 Å². The van der Waals surface area contributed by atoms with Crippen molar-refractivity contribution in [3.8, 4) is 5.75 Å². The molecule has 2 rings (SSSR count). The zero-order chi connectivity index (χ0) is 10.3. The molecule has 1 heterocycles. The SMILES string of the molecule is Cc1cc(C)c2c(c1)OC(C(C)N)C2. The molecule has 0 fully saturated rings. The molecule has 0 amide bonds. The lowest BCUT2D eigenvalue weighted by atomic mass is 10.00. The van der Waals surface area contributed by atoms with Gasteiger partial charge in [-0.2, -0.15) is 0 Å². The topological polar surface area (TPSA) is 35.2 Å². The van der Waals surface area contributed by atoms with Crippen LogP contribution in [0.25, 0.3) is 0 Å². The van der Waals surface area contributed by atoms with Gasteiger partial charge in [-0.3, -0.25) is 0 Å². The molecular formula is C12H17NO. The number of hydrogen-bond acceptors (Lipinski definition) is 2. The van der Waals surface area contributed by atoms with Gasteiger partial charge < -0.3 is 10.5 Å². The second-order valence-corrected chi connectivity index (χ2v) is 4.28. The second kappa shape index (κ2) is 3.28. The van der Waals surface area contributed by atoms with E-state index in [9.17, 15) is 0 Å². The highest BCUT2D eigenvalue weighted by atomic mass is 16.5. The number of ether oxygens (including phenoxy) is 1. The Morgan fingerprint density at radius 2 is 2.14 bits per heavy atom. The minimum absolute atomic E-state index is 0.0992. The maximum Gasteiger partial charge on any atom is 0.123 e. The van der Waals surface area contributed by atoms with Crippen LogP contribution in [-0.4, -0.2) is 12.1 Å². The molecule has 1 aliphatic rings. The lowest BCUT2D eigenvalue weighted by molar-refractivity contribution is 0.206. The molecule has 14 heavy (non-hydrogen) atoms. The third-order valence-electron chi connectivity index (χ3n) is 2.85. The van der Waals surface area contributed by atoms with Crippen molar-refractivity contribution in [1.29, 1.82) is 0 Å². The van der Waals surface area contributed by atoms with E-state index in [4.69, 9.17) is 10.5 Å². The van der Waals surface area contributed by atoms with Crippen molar-refractivity contribution in [2.75, 3.05) is 0 Å². The molecule has 2 N–H and O–H groups in total. The Morgan fingerprint density at radius 1 is 1.43 bits per heavy atom. The van der Waals surface area contributed by atoms with Crippen LogP contribution in [0.4, 0.5) is 0 Å². The number of benzene rings is 1. The summed E-state index contributed by atoms with van der Waals surface area (Å²) in [6.07, 6.45) is 1.12. The summed E-state index contributed by atoms with van der Waals surface area (Å²) >= 11 is 0. The summed E-state index contributed by atoms with van der Waals surface area (Å²) in [6, 6.07) is 4.40. The fourth-order valence-electron chi connectivity index (χ4n) is 2.02. The molecule has 0 radical (unpaired) electrons. The summed E-state index contributed by atoms with van der Waals surface area (Å²) in [7, 11) is 0. The molecule has 0 spiro atoms. The molecule has 0 saturated heterocycles. The summed E-state index contributed by atoms with van der Waals surface area (Å²) in [5.74, 6) is 1.03. The standard InChI is InChI=1S/C12H17NO/c1-7-4-8(2)10-6-11(9(3)13)14-12(10)5-7/h4-5,9,11H,6,13H2,1-3H3. The van der Waals surface area contributed by atoms with Crippen molar-refractivity contribution in [1.82, 2.24) is 0 Å². The van der Waals surface area contributed by atoms with Crippen LogP contribution in [0.2, 0.25) is 0 Å². The van der Waals surface area contributed by atoms with Crippen LogP contribution in [0.5, 0.6) is 5.75 Å². The highest BCUT2D eigenvalue weighted by Crippen LogP contribution is 2.33. The smallest absolute Gasteiger partial charge is 0.123 e. The number of fused-ring (bicyclic) bond motifs is 1. The monoisotopic (exact) mass is 191 g/mol. The third kappa shape index (κ3) is 1.50. The third-order valence-corrected chi connectivity index (χ3v) is 2.85.